The van der Waals surface area contributed by atoms with Crippen LogP contribution in [0.2, 0.25) is 0 Å². The van der Waals surface area contributed by atoms with Gasteiger partial charge in [0.05, 0.1) is 13.1 Å². The lowest BCUT2D eigenvalue weighted by Crippen LogP contribution is -2.42. The third-order valence-electron chi connectivity index (χ3n) is 5.51. The average Bonchev–Trinajstić information content (AvgIpc) is 2.96. The third-order valence-corrected chi connectivity index (χ3v) is 5.51. The number of imidazole rings is 1. The van der Waals surface area contributed by atoms with Gasteiger partial charge in [-0.15, -0.1) is 0 Å². The monoisotopic (exact) mass is 361 g/mol. The zero-order valence-corrected chi connectivity index (χ0v) is 17.1. The zero-order valence-electron chi connectivity index (χ0n) is 17.1. The Hall–Kier alpha value is -2.35. The fourth-order valence-corrected chi connectivity index (χ4v) is 4.12. The van der Waals surface area contributed by atoms with Gasteiger partial charge in [-0.3, -0.25) is 0 Å². The topological polar surface area (TPSA) is 8.81 Å². The second kappa shape index (κ2) is 9.55. The van der Waals surface area contributed by atoms with Gasteiger partial charge in [0.1, 0.15) is 11.4 Å². The van der Waals surface area contributed by atoms with Crippen molar-refractivity contribution >= 4 is 0 Å². The van der Waals surface area contributed by atoms with E-state index in [-0.39, 0.29) is 0 Å². The van der Waals surface area contributed by atoms with Crippen molar-refractivity contribution in [2.75, 3.05) is 0 Å². The van der Waals surface area contributed by atoms with Gasteiger partial charge in [0, 0.05) is 32.6 Å². The predicted octanol–water partition coefficient (Wildman–Crippen LogP) is 5.08. The molecule has 0 aliphatic rings. The molecule has 0 spiro atoms. The molecule has 1 aromatic heterocycles. The summed E-state index contributed by atoms with van der Waals surface area (Å²) in [5.74, 6) is 1.50. The van der Waals surface area contributed by atoms with Gasteiger partial charge in [-0.25, -0.2) is 9.13 Å². The highest BCUT2D eigenvalue weighted by Gasteiger charge is 2.26. The zero-order chi connectivity index (χ0) is 19.1. The third kappa shape index (κ3) is 4.68. The van der Waals surface area contributed by atoms with E-state index in [0.29, 0.717) is 0 Å². The van der Waals surface area contributed by atoms with Gasteiger partial charge in [0.25, 0.3) is 5.82 Å². The molecule has 0 amide bonds. The van der Waals surface area contributed by atoms with E-state index >= 15 is 0 Å². The molecule has 0 fully saturated rings. The van der Waals surface area contributed by atoms with Crippen molar-refractivity contribution in [3.05, 3.63) is 89.0 Å². The quantitative estimate of drug-likeness (QED) is 0.470. The number of rotatable bonds is 9. The second-order valence-electron chi connectivity index (χ2n) is 7.33. The van der Waals surface area contributed by atoms with Crippen LogP contribution in [0.3, 0.4) is 0 Å². The average molecular weight is 362 g/mol. The van der Waals surface area contributed by atoms with E-state index in [9.17, 15) is 0 Å². The molecule has 0 saturated carbocycles. The van der Waals surface area contributed by atoms with Crippen molar-refractivity contribution in [2.45, 2.75) is 66.0 Å². The smallest absolute Gasteiger partial charge is 0.231 e. The molecule has 142 valence electrons. The molecule has 3 aromatic rings. The molecule has 0 bridgehead atoms. The number of nitrogens with zero attached hydrogens (tertiary/aromatic N) is 2. The molecule has 0 aliphatic heterocycles. The Balaban J connectivity index is 1.86. The number of benzene rings is 2. The molecule has 27 heavy (non-hydrogen) atoms. The first-order chi connectivity index (χ1) is 13.2. The lowest BCUT2D eigenvalue weighted by Gasteiger charge is -2.07. The lowest BCUT2D eigenvalue weighted by molar-refractivity contribution is -0.710. The Morgan fingerprint density at radius 1 is 0.778 bits per heavy atom. The fourth-order valence-electron chi connectivity index (χ4n) is 4.12. The maximum absolute atomic E-state index is 2.61. The summed E-state index contributed by atoms with van der Waals surface area (Å²) in [6, 6.07) is 21.7. The van der Waals surface area contributed by atoms with E-state index in [1.54, 1.807) is 0 Å². The minimum Gasteiger partial charge on any atom is -0.231 e. The first kappa shape index (κ1) is 19.4. The van der Waals surface area contributed by atoms with Gasteiger partial charge in [-0.1, -0.05) is 74.5 Å². The van der Waals surface area contributed by atoms with Crippen molar-refractivity contribution in [1.82, 2.24) is 4.57 Å². The van der Waals surface area contributed by atoms with Crippen molar-refractivity contribution in [1.29, 1.82) is 0 Å². The van der Waals surface area contributed by atoms with Crippen molar-refractivity contribution in [3.63, 3.8) is 0 Å². The van der Waals surface area contributed by atoms with Gasteiger partial charge >= 0.3 is 0 Å². The molecule has 0 aliphatic carbocycles. The Kier molecular flexibility index (Phi) is 6.86. The maximum atomic E-state index is 2.61. The van der Waals surface area contributed by atoms with Crippen LogP contribution in [-0.2, 0) is 38.8 Å². The second-order valence-corrected chi connectivity index (χ2v) is 7.33. The summed E-state index contributed by atoms with van der Waals surface area (Å²) in [5.41, 5.74) is 5.79. The highest BCUT2D eigenvalue weighted by molar-refractivity contribution is 5.17. The Labute approximate surface area is 164 Å². The molecular formula is C25H33N2+. The summed E-state index contributed by atoms with van der Waals surface area (Å²) in [6.07, 6.45) is 5.61. The fraction of sp³-hybridized carbons (Fsp3) is 0.400. The number of aromatic nitrogens is 2. The van der Waals surface area contributed by atoms with Crippen LogP contribution in [0.4, 0.5) is 0 Å². The molecule has 0 radical (unpaired) electrons. The van der Waals surface area contributed by atoms with Gasteiger partial charge < -0.3 is 0 Å². The molecule has 0 N–H and O–H groups in total. The standard InChI is InChI=1S/C25H33N2/c1-4-12-25-26(19-17-22-13-8-6-9-14-22)21(3)24(5-2)27(25)20-18-23-15-10-7-11-16-23/h6-11,13-16H,4-5,12,17-20H2,1-3H3/q+1. The molecule has 1 heterocycles. The summed E-state index contributed by atoms with van der Waals surface area (Å²) in [5, 5.41) is 0. The molecule has 0 unspecified atom stereocenters. The molecule has 3 rings (SSSR count). The van der Waals surface area contributed by atoms with Crippen LogP contribution in [0, 0.1) is 6.92 Å². The minimum absolute atomic E-state index is 1.07. The molecule has 2 heteroatoms. The van der Waals surface area contributed by atoms with E-state index in [4.69, 9.17) is 0 Å². The van der Waals surface area contributed by atoms with Gasteiger partial charge in [0.15, 0.2) is 0 Å². The molecule has 2 aromatic carbocycles. The highest BCUT2D eigenvalue weighted by Crippen LogP contribution is 2.15. The summed E-state index contributed by atoms with van der Waals surface area (Å²) >= 11 is 0. The normalized spacial score (nSPS) is 11.1. The van der Waals surface area contributed by atoms with Crippen molar-refractivity contribution in [3.8, 4) is 0 Å². The van der Waals surface area contributed by atoms with Crippen LogP contribution >= 0.6 is 0 Å². The maximum Gasteiger partial charge on any atom is 0.256 e. The van der Waals surface area contributed by atoms with E-state index in [0.717, 1.165) is 38.8 Å². The van der Waals surface area contributed by atoms with Crippen molar-refractivity contribution < 1.29 is 4.57 Å². The van der Waals surface area contributed by atoms with Crippen molar-refractivity contribution in [2.24, 2.45) is 0 Å². The Morgan fingerprint density at radius 2 is 1.37 bits per heavy atom. The Morgan fingerprint density at radius 3 is 1.93 bits per heavy atom. The lowest BCUT2D eigenvalue weighted by atomic mass is 10.1. The van der Waals surface area contributed by atoms with Crippen LogP contribution < -0.4 is 4.57 Å². The van der Waals surface area contributed by atoms with Crippen LogP contribution in [-0.4, -0.2) is 4.57 Å². The van der Waals surface area contributed by atoms with Gasteiger partial charge in [-0.2, -0.15) is 0 Å². The molecule has 0 atom stereocenters. The summed E-state index contributed by atoms with van der Waals surface area (Å²) < 4.78 is 5.19. The SMILES string of the molecule is CCCc1n(CCc2ccccc2)c(C)c(CC)[n+]1CCc1ccccc1. The van der Waals surface area contributed by atoms with Crippen LogP contribution in [0.1, 0.15) is 48.6 Å². The number of hydrogen-bond donors (Lipinski definition) is 0. The van der Waals surface area contributed by atoms with Crippen LogP contribution in [0.25, 0.3) is 0 Å². The van der Waals surface area contributed by atoms with E-state index in [1.807, 2.05) is 0 Å². The largest absolute Gasteiger partial charge is 0.256 e. The van der Waals surface area contributed by atoms with Gasteiger partial charge in [-0.05, 0) is 17.5 Å². The molecule has 0 saturated heterocycles. The molecular weight excluding hydrogens is 328 g/mol. The van der Waals surface area contributed by atoms with Crippen LogP contribution in [0.5, 0.6) is 0 Å². The highest BCUT2D eigenvalue weighted by atomic mass is 15.2. The summed E-state index contributed by atoms with van der Waals surface area (Å²) in [6.45, 7) is 9.02. The first-order valence-electron chi connectivity index (χ1n) is 10.4. The molecule has 2 nitrogen and oxygen atoms in total. The minimum atomic E-state index is 1.07. The Bertz CT molecular complexity index is 832. The van der Waals surface area contributed by atoms with Gasteiger partial charge in [0.2, 0.25) is 0 Å². The van der Waals surface area contributed by atoms with E-state index < -0.39 is 0 Å². The number of hydrogen-bond acceptors (Lipinski definition) is 0. The van der Waals surface area contributed by atoms with E-state index in [2.05, 4.69) is 90.6 Å². The first-order valence-corrected chi connectivity index (χ1v) is 10.4. The predicted molar refractivity (Wildman–Crippen MR) is 113 cm³/mol. The number of aryl methyl sites for hydroxylation is 2. The van der Waals surface area contributed by atoms with E-state index in [1.165, 1.54) is 34.8 Å². The van der Waals surface area contributed by atoms with Crippen LogP contribution in [0.15, 0.2) is 60.7 Å². The summed E-state index contributed by atoms with van der Waals surface area (Å²) in [7, 11) is 0. The summed E-state index contributed by atoms with van der Waals surface area (Å²) in [4.78, 5) is 0.